The molecule has 5 nitrogen and oxygen atoms in total. The van der Waals surface area contributed by atoms with Gasteiger partial charge in [-0.05, 0) is 26.0 Å². The Balaban J connectivity index is 2.82. The monoisotopic (exact) mass is 178 g/mol. The number of fused-ring (bicyclic) bond motifs is 1. The number of hydrogen-bond acceptors (Lipinski definition) is 3. The Hall–Kier alpha value is -1.65. The second kappa shape index (κ2) is 2.69. The predicted octanol–water partition coefficient (Wildman–Crippen LogP) is 0.472. The van der Waals surface area contributed by atoms with Crippen molar-refractivity contribution in [3.05, 3.63) is 28.8 Å². The molecule has 0 saturated carbocycles. The summed E-state index contributed by atoms with van der Waals surface area (Å²) in [7, 11) is 0. The molecule has 0 spiro atoms. The standard InChI is InChI=1S/C8H10N4O/c1-6(2)11-8(13)12-7(10-11)4-3-5-9-12/h3-6H,1-2H3. The maximum Gasteiger partial charge on any atom is 0.367 e. The molecule has 13 heavy (non-hydrogen) atoms. The van der Waals surface area contributed by atoms with Crippen LogP contribution in [0.4, 0.5) is 0 Å². The first-order chi connectivity index (χ1) is 6.20. The molecule has 2 heterocycles. The molecular formula is C8H10N4O. The molecule has 0 fully saturated rings. The van der Waals surface area contributed by atoms with Crippen molar-refractivity contribution < 1.29 is 0 Å². The summed E-state index contributed by atoms with van der Waals surface area (Å²) < 4.78 is 2.71. The molecule has 0 atom stereocenters. The molecule has 0 aliphatic heterocycles. The van der Waals surface area contributed by atoms with Crippen LogP contribution in [0.5, 0.6) is 0 Å². The molecular weight excluding hydrogens is 168 g/mol. The quantitative estimate of drug-likeness (QED) is 0.638. The van der Waals surface area contributed by atoms with Crippen LogP contribution in [0.25, 0.3) is 5.65 Å². The lowest BCUT2D eigenvalue weighted by Gasteiger charge is -1.99. The van der Waals surface area contributed by atoms with Crippen LogP contribution in [0.1, 0.15) is 19.9 Å². The molecule has 2 aromatic rings. The van der Waals surface area contributed by atoms with Gasteiger partial charge < -0.3 is 0 Å². The van der Waals surface area contributed by atoms with Crippen LogP contribution in [0, 0.1) is 0 Å². The average Bonchev–Trinajstić information content (AvgIpc) is 2.45. The van der Waals surface area contributed by atoms with Gasteiger partial charge in [0, 0.05) is 6.20 Å². The van der Waals surface area contributed by atoms with Crippen molar-refractivity contribution in [1.29, 1.82) is 0 Å². The van der Waals surface area contributed by atoms with Crippen molar-refractivity contribution in [2.75, 3.05) is 0 Å². The first-order valence-electron chi connectivity index (χ1n) is 4.12. The van der Waals surface area contributed by atoms with Gasteiger partial charge in [0.25, 0.3) is 0 Å². The lowest BCUT2D eigenvalue weighted by Crippen LogP contribution is -2.23. The highest BCUT2D eigenvalue weighted by Crippen LogP contribution is 1.99. The van der Waals surface area contributed by atoms with E-state index in [9.17, 15) is 4.79 Å². The van der Waals surface area contributed by atoms with Crippen molar-refractivity contribution in [3.63, 3.8) is 0 Å². The molecule has 2 rings (SSSR count). The number of hydrogen-bond donors (Lipinski definition) is 0. The van der Waals surface area contributed by atoms with E-state index in [-0.39, 0.29) is 11.7 Å². The van der Waals surface area contributed by atoms with Gasteiger partial charge in [-0.25, -0.2) is 9.48 Å². The average molecular weight is 178 g/mol. The Morgan fingerprint density at radius 1 is 1.46 bits per heavy atom. The van der Waals surface area contributed by atoms with Gasteiger partial charge >= 0.3 is 5.69 Å². The van der Waals surface area contributed by atoms with Crippen molar-refractivity contribution >= 4 is 5.65 Å². The van der Waals surface area contributed by atoms with Gasteiger partial charge in [-0.3, -0.25) is 0 Å². The smallest absolute Gasteiger partial charge is 0.244 e. The molecule has 0 N–H and O–H groups in total. The van der Waals surface area contributed by atoms with E-state index in [1.165, 1.54) is 9.20 Å². The van der Waals surface area contributed by atoms with Gasteiger partial charge in [0.1, 0.15) is 0 Å². The van der Waals surface area contributed by atoms with Crippen molar-refractivity contribution in [1.82, 2.24) is 19.4 Å². The Morgan fingerprint density at radius 3 is 2.85 bits per heavy atom. The van der Waals surface area contributed by atoms with E-state index in [1.807, 2.05) is 13.8 Å². The van der Waals surface area contributed by atoms with Crippen molar-refractivity contribution in [2.45, 2.75) is 19.9 Å². The molecule has 0 aliphatic carbocycles. The minimum absolute atomic E-state index is 0.0641. The second-order valence-electron chi connectivity index (χ2n) is 3.11. The zero-order chi connectivity index (χ0) is 9.42. The first-order valence-corrected chi connectivity index (χ1v) is 4.12. The van der Waals surface area contributed by atoms with Crippen LogP contribution in [-0.2, 0) is 0 Å². The molecule has 68 valence electrons. The molecule has 5 heteroatoms. The largest absolute Gasteiger partial charge is 0.367 e. The van der Waals surface area contributed by atoms with Gasteiger partial charge in [-0.15, -0.1) is 5.10 Å². The van der Waals surface area contributed by atoms with Crippen LogP contribution in [0.2, 0.25) is 0 Å². The number of nitrogens with zero attached hydrogens (tertiary/aromatic N) is 4. The Morgan fingerprint density at radius 2 is 2.23 bits per heavy atom. The summed E-state index contributed by atoms with van der Waals surface area (Å²) in [6.07, 6.45) is 1.57. The van der Waals surface area contributed by atoms with Gasteiger partial charge in [-0.1, -0.05) is 0 Å². The van der Waals surface area contributed by atoms with Crippen LogP contribution in [0.15, 0.2) is 23.1 Å². The maximum absolute atomic E-state index is 11.6. The second-order valence-corrected chi connectivity index (χ2v) is 3.11. The third kappa shape index (κ3) is 1.12. The third-order valence-corrected chi connectivity index (χ3v) is 1.81. The topological polar surface area (TPSA) is 52.2 Å². The minimum atomic E-state index is -0.189. The van der Waals surface area contributed by atoms with E-state index < -0.39 is 0 Å². The summed E-state index contributed by atoms with van der Waals surface area (Å²) in [5.41, 5.74) is 0.395. The Labute approximate surface area is 74.6 Å². The normalized spacial score (nSPS) is 11.3. The summed E-state index contributed by atoms with van der Waals surface area (Å²) >= 11 is 0. The molecule has 0 unspecified atom stereocenters. The van der Waals surface area contributed by atoms with E-state index in [1.54, 1.807) is 18.3 Å². The Bertz CT molecular complexity index is 482. The van der Waals surface area contributed by atoms with E-state index >= 15 is 0 Å². The minimum Gasteiger partial charge on any atom is -0.244 e. The van der Waals surface area contributed by atoms with Crippen molar-refractivity contribution in [3.8, 4) is 0 Å². The summed E-state index contributed by atoms with van der Waals surface area (Å²) in [6.45, 7) is 3.82. The first kappa shape index (κ1) is 7.97. The van der Waals surface area contributed by atoms with E-state index in [0.717, 1.165) is 0 Å². The molecule has 0 bridgehead atoms. The van der Waals surface area contributed by atoms with E-state index in [2.05, 4.69) is 10.2 Å². The van der Waals surface area contributed by atoms with Gasteiger partial charge in [-0.2, -0.15) is 9.61 Å². The third-order valence-electron chi connectivity index (χ3n) is 1.81. The lowest BCUT2D eigenvalue weighted by atomic mass is 10.4. The van der Waals surface area contributed by atoms with Crippen LogP contribution in [-0.4, -0.2) is 19.4 Å². The van der Waals surface area contributed by atoms with E-state index in [0.29, 0.717) is 5.65 Å². The summed E-state index contributed by atoms with van der Waals surface area (Å²) in [5.74, 6) is 0. The molecule has 2 aromatic heterocycles. The van der Waals surface area contributed by atoms with Crippen molar-refractivity contribution in [2.24, 2.45) is 0 Å². The highest BCUT2D eigenvalue weighted by molar-refractivity contribution is 5.33. The van der Waals surface area contributed by atoms with E-state index in [4.69, 9.17) is 0 Å². The molecule has 0 amide bonds. The predicted molar refractivity (Wildman–Crippen MR) is 47.6 cm³/mol. The summed E-state index contributed by atoms with van der Waals surface area (Å²) in [6, 6.07) is 3.58. The summed E-state index contributed by atoms with van der Waals surface area (Å²) in [4.78, 5) is 11.6. The zero-order valence-electron chi connectivity index (χ0n) is 7.51. The van der Waals surface area contributed by atoms with Gasteiger partial charge in [0.05, 0.1) is 6.04 Å². The van der Waals surface area contributed by atoms with Crippen LogP contribution < -0.4 is 5.69 Å². The van der Waals surface area contributed by atoms with Crippen LogP contribution >= 0.6 is 0 Å². The molecule has 0 aliphatic rings. The molecule has 0 aromatic carbocycles. The maximum atomic E-state index is 11.6. The highest BCUT2D eigenvalue weighted by Gasteiger charge is 2.08. The SMILES string of the molecule is CC(C)n1nc2cccnn2c1=O. The summed E-state index contributed by atoms with van der Waals surface area (Å²) in [5, 5.41) is 8.02. The van der Waals surface area contributed by atoms with Crippen LogP contribution in [0.3, 0.4) is 0 Å². The zero-order valence-corrected chi connectivity index (χ0v) is 7.51. The number of aromatic nitrogens is 4. The fourth-order valence-corrected chi connectivity index (χ4v) is 1.17. The molecule has 0 radical (unpaired) electrons. The lowest BCUT2D eigenvalue weighted by molar-refractivity contribution is 0.511. The Kier molecular flexibility index (Phi) is 1.65. The fourth-order valence-electron chi connectivity index (χ4n) is 1.17. The highest BCUT2D eigenvalue weighted by atomic mass is 16.2. The number of rotatable bonds is 1. The fraction of sp³-hybridized carbons (Fsp3) is 0.375. The van der Waals surface area contributed by atoms with Gasteiger partial charge in [0.15, 0.2) is 5.65 Å². The van der Waals surface area contributed by atoms with Gasteiger partial charge in [0.2, 0.25) is 0 Å². The molecule has 0 saturated heterocycles.